The van der Waals surface area contributed by atoms with Crippen molar-refractivity contribution < 1.29 is 9.32 Å². The van der Waals surface area contributed by atoms with E-state index in [2.05, 4.69) is 20.1 Å². The van der Waals surface area contributed by atoms with Crippen molar-refractivity contribution in [1.82, 2.24) is 25.0 Å². The van der Waals surface area contributed by atoms with Crippen LogP contribution in [0.2, 0.25) is 5.02 Å². The van der Waals surface area contributed by atoms with E-state index in [1.54, 1.807) is 23.1 Å². The van der Waals surface area contributed by atoms with E-state index >= 15 is 0 Å². The Hall–Kier alpha value is -2.74. The average molecular weight is 432 g/mol. The second-order valence-corrected chi connectivity index (χ2v) is 7.98. The van der Waals surface area contributed by atoms with Crippen LogP contribution >= 0.6 is 11.6 Å². The highest BCUT2D eigenvalue weighted by Crippen LogP contribution is 2.16. The number of aromatic amines is 1. The van der Waals surface area contributed by atoms with Crippen molar-refractivity contribution in [3.05, 3.63) is 51.1 Å². The van der Waals surface area contributed by atoms with Crippen LogP contribution in [0.4, 0.5) is 0 Å². The predicted molar refractivity (Wildman–Crippen MR) is 114 cm³/mol. The molecule has 0 radical (unpaired) electrons. The number of carbonyl (C=O) groups excluding carboxylic acids is 1. The molecule has 0 aliphatic carbocycles. The van der Waals surface area contributed by atoms with E-state index in [-0.39, 0.29) is 23.9 Å². The fourth-order valence-corrected chi connectivity index (χ4v) is 3.30. The van der Waals surface area contributed by atoms with Gasteiger partial charge < -0.3 is 14.4 Å². The number of rotatable bonds is 9. The lowest BCUT2D eigenvalue weighted by Crippen LogP contribution is -2.32. The molecule has 0 saturated carbocycles. The van der Waals surface area contributed by atoms with Crippen molar-refractivity contribution in [3.63, 3.8) is 0 Å². The first-order valence-electron chi connectivity index (χ1n) is 10.2. The zero-order chi connectivity index (χ0) is 21.7. The lowest BCUT2D eigenvalue weighted by atomic mass is 10.2. The summed E-state index contributed by atoms with van der Waals surface area (Å²) >= 11 is 6.02. The number of hydrogen-bond acceptors (Lipinski definition) is 6. The maximum atomic E-state index is 12.8. The lowest BCUT2D eigenvalue weighted by Gasteiger charge is -2.21. The van der Waals surface area contributed by atoms with E-state index in [1.165, 1.54) is 0 Å². The SMILES string of the molecule is CCCN(Cc1nc2cc(Cl)ccc2c(=O)[nH]1)C(=O)CCCc1nc(C(C)C)no1. The van der Waals surface area contributed by atoms with E-state index in [9.17, 15) is 9.59 Å². The molecule has 0 spiro atoms. The number of hydrogen-bond donors (Lipinski definition) is 1. The Morgan fingerprint density at radius 2 is 2.10 bits per heavy atom. The van der Waals surface area contributed by atoms with Crippen LogP contribution < -0.4 is 5.56 Å². The van der Waals surface area contributed by atoms with Crippen LogP contribution in [0.5, 0.6) is 0 Å². The Morgan fingerprint density at radius 1 is 1.30 bits per heavy atom. The van der Waals surface area contributed by atoms with Crippen LogP contribution in [0.3, 0.4) is 0 Å². The van der Waals surface area contributed by atoms with Crippen LogP contribution in [0.15, 0.2) is 27.5 Å². The number of halogens is 1. The van der Waals surface area contributed by atoms with Gasteiger partial charge in [0.05, 0.1) is 17.4 Å². The molecule has 9 heteroatoms. The van der Waals surface area contributed by atoms with E-state index < -0.39 is 0 Å². The largest absolute Gasteiger partial charge is 0.339 e. The predicted octanol–water partition coefficient (Wildman–Crippen LogP) is 3.84. The fraction of sp³-hybridized carbons (Fsp3) is 0.476. The number of amides is 1. The minimum absolute atomic E-state index is 0.00529. The second kappa shape index (κ2) is 9.84. The molecule has 30 heavy (non-hydrogen) atoms. The molecule has 0 aliphatic heterocycles. The third-order valence-corrected chi connectivity index (χ3v) is 4.92. The highest BCUT2D eigenvalue weighted by molar-refractivity contribution is 6.31. The Bertz CT molecular complexity index is 1080. The molecule has 3 aromatic rings. The Morgan fingerprint density at radius 3 is 2.80 bits per heavy atom. The second-order valence-electron chi connectivity index (χ2n) is 7.54. The van der Waals surface area contributed by atoms with E-state index in [1.807, 2.05) is 20.8 Å². The summed E-state index contributed by atoms with van der Waals surface area (Å²) in [6, 6.07) is 4.95. The highest BCUT2D eigenvalue weighted by Gasteiger charge is 2.16. The van der Waals surface area contributed by atoms with Gasteiger partial charge in [-0.25, -0.2) is 4.98 Å². The monoisotopic (exact) mass is 431 g/mol. The maximum Gasteiger partial charge on any atom is 0.258 e. The van der Waals surface area contributed by atoms with Crippen molar-refractivity contribution in [1.29, 1.82) is 0 Å². The molecule has 0 unspecified atom stereocenters. The topological polar surface area (TPSA) is 105 Å². The number of aryl methyl sites for hydroxylation is 1. The summed E-state index contributed by atoms with van der Waals surface area (Å²) in [6.45, 7) is 6.82. The number of nitrogens with one attached hydrogen (secondary N) is 1. The minimum Gasteiger partial charge on any atom is -0.339 e. The van der Waals surface area contributed by atoms with E-state index in [0.29, 0.717) is 59.3 Å². The zero-order valence-corrected chi connectivity index (χ0v) is 18.2. The molecule has 0 aliphatic rings. The molecule has 0 fully saturated rings. The number of aromatic nitrogens is 4. The van der Waals surface area contributed by atoms with Crippen molar-refractivity contribution >= 4 is 28.4 Å². The van der Waals surface area contributed by atoms with Gasteiger partial charge in [0, 0.05) is 30.3 Å². The third kappa shape index (κ3) is 5.44. The smallest absolute Gasteiger partial charge is 0.258 e. The van der Waals surface area contributed by atoms with Crippen LogP contribution in [-0.2, 0) is 17.8 Å². The van der Waals surface area contributed by atoms with Crippen LogP contribution in [0.25, 0.3) is 10.9 Å². The quantitative estimate of drug-likeness (QED) is 0.551. The van der Waals surface area contributed by atoms with Crippen LogP contribution in [0, 0.1) is 0 Å². The molecule has 1 N–H and O–H groups in total. The molecule has 0 atom stereocenters. The Balaban J connectivity index is 1.65. The molecular weight excluding hydrogens is 406 g/mol. The summed E-state index contributed by atoms with van der Waals surface area (Å²) in [5.41, 5.74) is 0.274. The molecular formula is C21H26ClN5O3. The third-order valence-electron chi connectivity index (χ3n) is 4.69. The van der Waals surface area contributed by atoms with Crippen molar-refractivity contribution in [2.75, 3.05) is 6.54 Å². The molecule has 2 aromatic heterocycles. The van der Waals surface area contributed by atoms with Crippen LogP contribution in [0.1, 0.15) is 63.5 Å². The summed E-state index contributed by atoms with van der Waals surface area (Å²) in [7, 11) is 0. The van der Waals surface area contributed by atoms with Gasteiger partial charge >= 0.3 is 0 Å². The maximum absolute atomic E-state index is 12.8. The van der Waals surface area contributed by atoms with Gasteiger partial charge in [-0.3, -0.25) is 9.59 Å². The van der Waals surface area contributed by atoms with Crippen molar-refractivity contribution in [2.24, 2.45) is 0 Å². The van der Waals surface area contributed by atoms with Crippen LogP contribution in [-0.4, -0.2) is 37.5 Å². The molecule has 0 saturated heterocycles. The van der Waals surface area contributed by atoms with Gasteiger partial charge in [0.1, 0.15) is 5.82 Å². The van der Waals surface area contributed by atoms with E-state index in [0.717, 1.165) is 6.42 Å². The summed E-state index contributed by atoms with van der Waals surface area (Å²) in [5, 5.41) is 4.92. The molecule has 2 heterocycles. The Kier molecular flexibility index (Phi) is 7.20. The lowest BCUT2D eigenvalue weighted by molar-refractivity contribution is -0.132. The van der Waals surface area contributed by atoms with Crippen molar-refractivity contribution in [2.45, 2.75) is 58.9 Å². The van der Waals surface area contributed by atoms with Gasteiger partial charge in [0.2, 0.25) is 11.8 Å². The molecule has 3 rings (SSSR count). The first kappa shape index (κ1) is 22.0. The summed E-state index contributed by atoms with van der Waals surface area (Å²) in [6.07, 6.45) is 2.31. The molecule has 160 valence electrons. The summed E-state index contributed by atoms with van der Waals surface area (Å²) in [5.74, 6) is 1.86. The molecule has 0 bridgehead atoms. The van der Waals surface area contributed by atoms with Gasteiger partial charge in [-0.1, -0.05) is 37.5 Å². The van der Waals surface area contributed by atoms with Crippen molar-refractivity contribution in [3.8, 4) is 0 Å². The number of carbonyl (C=O) groups is 1. The zero-order valence-electron chi connectivity index (χ0n) is 17.4. The van der Waals surface area contributed by atoms with Gasteiger partial charge in [-0.15, -0.1) is 0 Å². The number of benzene rings is 1. The molecule has 8 nitrogen and oxygen atoms in total. The number of H-pyrrole nitrogens is 1. The number of fused-ring (bicyclic) bond motifs is 1. The summed E-state index contributed by atoms with van der Waals surface area (Å²) in [4.78, 5) is 38.4. The van der Waals surface area contributed by atoms with Gasteiger partial charge in [0.25, 0.3) is 5.56 Å². The van der Waals surface area contributed by atoms with E-state index in [4.69, 9.17) is 16.1 Å². The normalized spacial score (nSPS) is 11.4. The van der Waals surface area contributed by atoms with Gasteiger partial charge in [0.15, 0.2) is 5.82 Å². The first-order chi connectivity index (χ1) is 14.4. The molecule has 1 aromatic carbocycles. The van der Waals surface area contributed by atoms with Gasteiger partial charge in [-0.05, 0) is 31.0 Å². The Labute approximate surface area is 179 Å². The fourth-order valence-electron chi connectivity index (χ4n) is 3.13. The average Bonchev–Trinajstić information content (AvgIpc) is 3.16. The molecule has 1 amide bonds. The first-order valence-corrected chi connectivity index (χ1v) is 10.5. The minimum atomic E-state index is -0.243. The highest BCUT2D eigenvalue weighted by atomic mass is 35.5. The van der Waals surface area contributed by atoms with Gasteiger partial charge in [-0.2, -0.15) is 4.98 Å². The summed E-state index contributed by atoms with van der Waals surface area (Å²) < 4.78 is 5.23. The number of nitrogens with zero attached hydrogens (tertiary/aromatic N) is 4. The standard InChI is InChI=1S/C21H26ClN5O3/c1-4-10-27(19(28)7-5-6-18-25-20(13(2)3)26-30-18)12-17-23-16-11-14(22)8-9-15(16)21(29)24-17/h8-9,11,13H,4-7,10,12H2,1-3H3,(H,23,24,29).